The molecular formula is C9H14O. The second-order valence-corrected chi connectivity index (χ2v) is 3.61. The molecule has 0 atom stereocenters. The number of carbonyl (C=O) groups excluding carboxylic acids is 1. The van der Waals surface area contributed by atoms with Gasteiger partial charge in [-0.25, -0.2) is 0 Å². The highest BCUT2D eigenvalue weighted by Crippen LogP contribution is 2.33. The van der Waals surface area contributed by atoms with Gasteiger partial charge >= 0.3 is 0 Å². The second kappa shape index (κ2) is 2.22. The van der Waals surface area contributed by atoms with E-state index >= 15 is 0 Å². The van der Waals surface area contributed by atoms with E-state index in [1.165, 1.54) is 0 Å². The number of carbonyl (C=O) groups is 1. The maximum absolute atomic E-state index is 11.2. The Labute approximate surface area is 62.1 Å². The molecule has 56 valence electrons. The average Bonchev–Trinajstić information content (AvgIpc) is 2.05. The number of ketones is 1. The molecule has 0 aliphatic heterocycles. The van der Waals surface area contributed by atoms with Gasteiger partial charge in [-0.2, -0.15) is 0 Å². The maximum atomic E-state index is 11.2. The van der Waals surface area contributed by atoms with Crippen LogP contribution in [0.4, 0.5) is 0 Å². The van der Waals surface area contributed by atoms with Gasteiger partial charge in [0.25, 0.3) is 0 Å². The molecule has 1 nitrogen and oxygen atoms in total. The van der Waals surface area contributed by atoms with Crippen LogP contribution >= 0.6 is 0 Å². The predicted molar refractivity (Wildman–Crippen MR) is 41.8 cm³/mol. The number of rotatable bonds is 1. The summed E-state index contributed by atoms with van der Waals surface area (Å²) in [5, 5.41) is 0. The van der Waals surface area contributed by atoms with E-state index in [9.17, 15) is 4.79 Å². The Balaban J connectivity index is 2.82. The Kier molecular flexibility index (Phi) is 1.67. The van der Waals surface area contributed by atoms with Crippen molar-refractivity contribution in [3.63, 3.8) is 0 Å². The van der Waals surface area contributed by atoms with Crippen LogP contribution in [0.2, 0.25) is 0 Å². The molecule has 1 aliphatic carbocycles. The van der Waals surface area contributed by atoms with Crippen LogP contribution in [0.3, 0.4) is 0 Å². The first-order valence-corrected chi connectivity index (χ1v) is 3.80. The number of Topliss-reactive ketones (excluding diaryl/α,β-unsaturated/α-hetero) is 1. The first-order chi connectivity index (χ1) is 4.55. The molecule has 0 bridgehead atoms. The lowest BCUT2D eigenvalue weighted by Crippen LogP contribution is -2.05. The van der Waals surface area contributed by atoms with Crippen LogP contribution < -0.4 is 0 Å². The lowest BCUT2D eigenvalue weighted by molar-refractivity contribution is -0.115. The second-order valence-electron chi connectivity index (χ2n) is 3.61. The SMILES string of the molecule is CCC1=CC(C)(C)CC1=O. The lowest BCUT2D eigenvalue weighted by atomic mass is 9.93. The molecule has 0 aromatic heterocycles. The Bertz CT molecular complexity index is 187. The first kappa shape index (κ1) is 7.52. The van der Waals surface area contributed by atoms with Crippen molar-refractivity contribution in [3.05, 3.63) is 11.6 Å². The summed E-state index contributed by atoms with van der Waals surface area (Å²) in [5.74, 6) is 0.340. The molecule has 1 heteroatoms. The van der Waals surface area contributed by atoms with E-state index in [1.807, 2.05) is 6.92 Å². The molecule has 0 saturated carbocycles. The Morgan fingerprint density at radius 3 is 2.40 bits per heavy atom. The lowest BCUT2D eigenvalue weighted by Gasteiger charge is -2.10. The van der Waals surface area contributed by atoms with Gasteiger partial charge in [0.15, 0.2) is 5.78 Å². The topological polar surface area (TPSA) is 17.1 Å². The summed E-state index contributed by atoms with van der Waals surface area (Å²) in [6, 6.07) is 0. The monoisotopic (exact) mass is 138 g/mol. The van der Waals surface area contributed by atoms with Crippen LogP contribution in [0.15, 0.2) is 11.6 Å². The standard InChI is InChI=1S/C9H14O/c1-4-7-5-9(2,3)6-8(7)10/h5H,4,6H2,1-3H3. The molecule has 0 unspecified atom stereocenters. The summed E-state index contributed by atoms with van der Waals surface area (Å²) < 4.78 is 0. The molecule has 0 amide bonds. The molecule has 0 spiro atoms. The van der Waals surface area contributed by atoms with Crippen molar-refractivity contribution in [1.29, 1.82) is 0 Å². The smallest absolute Gasteiger partial charge is 0.159 e. The fourth-order valence-electron chi connectivity index (χ4n) is 1.43. The van der Waals surface area contributed by atoms with Crippen LogP contribution in [-0.2, 0) is 4.79 Å². The predicted octanol–water partition coefficient (Wildman–Crippen LogP) is 2.32. The third kappa shape index (κ3) is 1.28. The van der Waals surface area contributed by atoms with Gasteiger partial charge in [0.2, 0.25) is 0 Å². The molecule has 0 N–H and O–H groups in total. The van der Waals surface area contributed by atoms with Crippen LogP contribution in [0.1, 0.15) is 33.6 Å². The highest BCUT2D eigenvalue weighted by Gasteiger charge is 2.28. The molecule has 0 fully saturated rings. The molecule has 0 heterocycles. The van der Waals surface area contributed by atoms with Gasteiger partial charge in [0.1, 0.15) is 0 Å². The van der Waals surface area contributed by atoms with E-state index in [1.54, 1.807) is 0 Å². The maximum Gasteiger partial charge on any atom is 0.159 e. The minimum atomic E-state index is 0.127. The zero-order chi connectivity index (χ0) is 7.78. The number of allylic oxidation sites excluding steroid dienone is 2. The number of hydrogen-bond acceptors (Lipinski definition) is 1. The fourth-order valence-corrected chi connectivity index (χ4v) is 1.43. The Hall–Kier alpha value is -0.590. The van der Waals surface area contributed by atoms with Gasteiger partial charge < -0.3 is 0 Å². The van der Waals surface area contributed by atoms with Crippen LogP contribution in [-0.4, -0.2) is 5.78 Å². The minimum Gasteiger partial charge on any atom is -0.295 e. The van der Waals surface area contributed by atoms with Gasteiger partial charge in [0, 0.05) is 6.42 Å². The van der Waals surface area contributed by atoms with E-state index in [2.05, 4.69) is 19.9 Å². The summed E-state index contributed by atoms with van der Waals surface area (Å²) >= 11 is 0. The normalized spacial score (nSPS) is 23.1. The average molecular weight is 138 g/mol. The summed E-state index contributed by atoms with van der Waals surface area (Å²) in [6.45, 7) is 6.24. The van der Waals surface area contributed by atoms with Crippen molar-refractivity contribution in [2.45, 2.75) is 33.6 Å². The third-order valence-electron chi connectivity index (χ3n) is 1.92. The molecule has 0 aromatic carbocycles. The van der Waals surface area contributed by atoms with Gasteiger partial charge in [-0.15, -0.1) is 0 Å². The van der Waals surface area contributed by atoms with Gasteiger partial charge in [0.05, 0.1) is 0 Å². The van der Waals surface area contributed by atoms with E-state index in [4.69, 9.17) is 0 Å². The zero-order valence-corrected chi connectivity index (χ0v) is 6.90. The van der Waals surface area contributed by atoms with E-state index in [-0.39, 0.29) is 5.41 Å². The highest BCUT2D eigenvalue weighted by atomic mass is 16.1. The van der Waals surface area contributed by atoms with Crippen molar-refractivity contribution < 1.29 is 4.79 Å². The number of hydrogen-bond donors (Lipinski definition) is 0. The largest absolute Gasteiger partial charge is 0.295 e. The molecular weight excluding hydrogens is 124 g/mol. The van der Waals surface area contributed by atoms with Gasteiger partial charge in [-0.05, 0) is 17.4 Å². The molecule has 0 saturated heterocycles. The van der Waals surface area contributed by atoms with Crippen molar-refractivity contribution in [1.82, 2.24) is 0 Å². The first-order valence-electron chi connectivity index (χ1n) is 3.80. The summed E-state index contributed by atoms with van der Waals surface area (Å²) in [6.07, 6.45) is 3.70. The van der Waals surface area contributed by atoms with Gasteiger partial charge in [-0.3, -0.25) is 4.79 Å². The molecule has 10 heavy (non-hydrogen) atoms. The van der Waals surface area contributed by atoms with Gasteiger partial charge in [-0.1, -0.05) is 26.8 Å². The van der Waals surface area contributed by atoms with E-state index in [0.29, 0.717) is 12.2 Å². The summed E-state index contributed by atoms with van der Waals surface area (Å²) in [5.41, 5.74) is 1.15. The van der Waals surface area contributed by atoms with Crippen LogP contribution in [0.25, 0.3) is 0 Å². The van der Waals surface area contributed by atoms with E-state index < -0.39 is 0 Å². The van der Waals surface area contributed by atoms with Crippen molar-refractivity contribution in [3.8, 4) is 0 Å². The van der Waals surface area contributed by atoms with E-state index in [0.717, 1.165) is 12.0 Å². The van der Waals surface area contributed by atoms with Crippen LogP contribution in [0, 0.1) is 5.41 Å². The fraction of sp³-hybridized carbons (Fsp3) is 0.667. The molecule has 0 radical (unpaired) electrons. The molecule has 1 aliphatic rings. The van der Waals surface area contributed by atoms with Crippen molar-refractivity contribution in [2.24, 2.45) is 5.41 Å². The third-order valence-corrected chi connectivity index (χ3v) is 1.92. The minimum absolute atomic E-state index is 0.127. The summed E-state index contributed by atoms with van der Waals surface area (Å²) in [7, 11) is 0. The van der Waals surface area contributed by atoms with Crippen molar-refractivity contribution >= 4 is 5.78 Å². The Morgan fingerprint density at radius 1 is 1.60 bits per heavy atom. The highest BCUT2D eigenvalue weighted by molar-refractivity contribution is 5.98. The zero-order valence-electron chi connectivity index (χ0n) is 6.90. The van der Waals surface area contributed by atoms with Crippen LogP contribution in [0.5, 0.6) is 0 Å². The molecule has 0 aromatic rings. The Morgan fingerprint density at radius 2 is 2.20 bits per heavy atom. The van der Waals surface area contributed by atoms with Crippen molar-refractivity contribution in [2.75, 3.05) is 0 Å². The molecule has 1 rings (SSSR count). The quantitative estimate of drug-likeness (QED) is 0.543. The summed E-state index contributed by atoms with van der Waals surface area (Å²) in [4.78, 5) is 11.2.